The van der Waals surface area contributed by atoms with E-state index < -0.39 is 29.4 Å². The standard InChI is InChI=1S/C19H19N7O6.Pb.2H/c20-19-25-15-14(17(30)26-19)23-11(8-22-15)7-21-10-3-1-9(2-4-10)16(29)24-12(18(31)32)5-6-13(27)28;;;/h1-4,8,12,21H,5-7H2,(H,24,29)(H,27,28)(H,31,32)(H3,20,22,25,26,30);;;/t12-;;;/m0.../s1. The van der Waals surface area contributed by atoms with Crippen molar-refractivity contribution in [3.63, 3.8) is 0 Å². The van der Waals surface area contributed by atoms with E-state index in [-0.39, 0.29) is 69.4 Å². The van der Waals surface area contributed by atoms with Crippen LogP contribution in [0.15, 0.2) is 35.3 Å². The number of rotatable bonds is 9. The topological polar surface area (TPSA) is 213 Å². The number of aromatic amines is 1. The normalized spacial score (nSPS) is 11.3. The van der Waals surface area contributed by atoms with Crippen molar-refractivity contribution >= 4 is 67.9 Å². The van der Waals surface area contributed by atoms with Crippen LogP contribution < -0.4 is 21.9 Å². The first-order valence-electron chi connectivity index (χ1n) is 9.33. The molecule has 1 amide bonds. The van der Waals surface area contributed by atoms with Gasteiger partial charge in [-0.15, -0.1) is 0 Å². The number of nitrogens with two attached hydrogens (primary N) is 1. The summed E-state index contributed by atoms with van der Waals surface area (Å²) >= 11 is 0. The number of amides is 1. The zero-order valence-corrected chi connectivity index (χ0v) is 22.7. The van der Waals surface area contributed by atoms with Gasteiger partial charge in [0.25, 0.3) is 5.91 Å². The molecule has 33 heavy (non-hydrogen) atoms. The number of benzene rings is 1. The van der Waals surface area contributed by atoms with Crippen LogP contribution >= 0.6 is 0 Å². The van der Waals surface area contributed by atoms with E-state index in [1.807, 2.05) is 0 Å². The molecule has 0 fully saturated rings. The number of hydrogen-bond acceptors (Lipinski definition) is 9. The fraction of sp³-hybridized carbons (Fsp3) is 0.211. The zero-order chi connectivity index (χ0) is 23.3. The second-order valence-corrected chi connectivity index (χ2v) is 6.71. The number of aromatic nitrogens is 4. The molecular formula is C19H21N7O6Pb. The summed E-state index contributed by atoms with van der Waals surface area (Å²) < 4.78 is 0. The molecule has 0 aliphatic heterocycles. The van der Waals surface area contributed by atoms with Crippen LogP contribution in [-0.2, 0) is 16.1 Å². The minimum absolute atomic E-state index is 0. The summed E-state index contributed by atoms with van der Waals surface area (Å²) in [5.74, 6) is -3.16. The van der Waals surface area contributed by atoms with E-state index in [4.69, 9.17) is 15.9 Å². The molecule has 13 nitrogen and oxygen atoms in total. The molecule has 2 aromatic heterocycles. The fourth-order valence-electron chi connectivity index (χ4n) is 2.76. The first-order chi connectivity index (χ1) is 15.2. The third-order valence-electron chi connectivity index (χ3n) is 4.36. The number of H-pyrrole nitrogens is 1. The van der Waals surface area contributed by atoms with Crippen molar-refractivity contribution in [3.05, 3.63) is 52.1 Å². The van der Waals surface area contributed by atoms with Gasteiger partial charge in [0.2, 0.25) is 5.95 Å². The molecule has 0 saturated carbocycles. The van der Waals surface area contributed by atoms with Gasteiger partial charge in [-0.2, -0.15) is 4.98 Å². The second kappa shape index (κ2) is 11.3. The molecule has 0 aliphatic rings. The quantitative estimate of drug-likeness (QED) is 0.155. The zero-order valence-electron chi connectivity index (χ0n) is 17.2. The fourth-order valence-corrected chi connectivity index (χ4v) is 2.76. The molecule has 3 rings (SSSR count). The van der Waals surface area contributed by atoms with Crippen molar-refractivity contribution in [3.8, 4) is 0 Å². The second-order valence-electron chi connectivity index (χ2n) is 6.71. The Balaban J connectivity index is 0.00000385. The van der Waals surface area contributed by atoms with Gasteiger partial charge in [-0.3, -0.25) is 14.4 Å². The maximum atomic E-state index is 12.3. The van der Waals surface area contributed by atoms with Gasteiger partial charge in [0, 0.05) is 17.7 Å². The average molecular weight is 651 g/mol. The van der Waals surface area contributed by atoms with Crippen LogP contribution in [0.3, 0.4) is 0 Å². The van der Waals surface area contributed by atoms with Gasteiger partial charge in [0.15, 0.2) is 11.2 Å². The average Bonchev–Trinajstić information content (AvgIpc) is 2.75. The van der Waals surface area contributed by atoms with Crippen molar-refractivity contribution < 1.29 is 24.6 Å². The molecule has 1 aromatic carbocycles. The summed E-state index contributed by atoms with van der Waals surface area (Å²) in [5.41, 5.74) is 6.47. The number of carboxylic acid groups (broad SMARTS) is 2. The molecule has 3 aromatic rings. The Morgan fingerprint density at radius 1 is 1.12 bits per heavy atom. The summed E-state index contributed by atoms with van der Waals surface area (Å²) in [4.78, 5) is 60.5. The molecule has 172 valence electrons. The SMILES string of the molecule is Nc1nc(=O)c2nc(CNc3ccc(C(=O)N[C@@H](CCC(=O)O)C(=O)O)cc3)cnc2[nH]1.[PbH2]. The van der Waals surface area contributed by atoms with E-state index >= 15 is 0 Å². The summed E-state index contributed by atoms with van der Waals surface area (Å²) in [6.07, 6.45) is 0.858. The Bertz CT molecular complexity index is 1230. The molecular weight excluding hydrogens is 629 g/mol. The number of nitrogens with one attached hydrogen (secondary N) is 3. The van der Waals surface area contributed by atoms with E-state index in [0.717, 1.165) is 0 Å². The van der Waals surface area contributed by atoms with Gasteiger partial charge in [0.1, 0.15) is 6.04 Å². The van der Waals surface area contributed by atoms with E-state index in [2.05, 4.69) is 30.6 Å². The number of fused-ring (bicyclic) bond motifs is 1. The number of anilines is 2. The van der Waals surface area contributed by atoms with Crippen LogP contribution in [0.5, 0.6) is 0 Å². The third-order valence-corrected chi connectivity index (χ3v) is 4.36. The minimum atomic E-state index is -1.31. The van der Waals surface area contributed by atoms with Gasteiger partial charge >= 0.3 is 44.8 Å². The molecule has 0 bridgehead atoms. The summed E-state index contributed by atoms with van der Waals surface area (Å²) in [6.45, 7) is 0.231. The van der Waals surface area contributed by atoms with E-state index in [1.165, 1.54) is 18.3 Å². The van der Waals surface area contributed by atoms with Crippen LogP contribution in [-0.4, -0.2) is 81.3 Å². The third kappa shape index (κ3) is 6.93. The van der Waals surface area contributed by atoms with Gasteiger partial charge in [0.05, 0.1) is 18.4 Å². The predicted octanol–water partition coefficient (Wildman–Crippen LogP) is -0.961. The van der Waals surface area contributed by atoms with Crippen LogP contribution in [0.1, 0.15) is 28.9 Å². The molecule has 0 saturated heterocycles. The van der Waals surface area contributed by atoms with Crippen LogP contribution in [0.4, 0.5) is 11.6 Å². The Morgan fingerprint density at radius 2 is 1.82 bits per heavy atom. The molecule has 14 heteroatoms. The number of aliphatic carboxylic acids is 2. The van der Waals surface area contributed by atoms with Crippen molar-refractivity contribution in [2.45, 2.75) is 25.4 Å². The number of carboxylic acids is 2. The number of nitrogens with zero attached hydrogens (tertiary/aromatic N) is 3. The van der Waals surface area contributed by atoms with Gasteiger partial charge in [-0.1, -0.05) is 0 Å². The van der Waals surface area contributed by atoms with Gasteiger partial charge < -0.3 is 31.6 Å². The van der Waals surface area contributed by atoms with E-state index in [1.54, 1.807) is 12.1 Å². The molecule has 7 N–H and O–H groups in total. The van der Waals surface area contributed by atoms with Gasteiger partial charge in [-0.25, -0.2) is 14.8 Å². The molecule has 0 aliphatic carbocycles. The van der Waals surface area contributed by atoms with Crippen LogP contribution in [0, 0.1) is 0 Å². The van der Waals surface area contributed by atoms with Crippen molar-refractivity contribution in [1.82, 2.24) is 25.3 Å². The summed E-state index contributed by atoms with van der Waals surface area (Å²) in [5, 5.41) is 23.2. The number of hydrogen-bond donors (Lipinski definition) is 6. The molecule has 2 radical (unpaired) electrons. The van der Waals surface area contributed by atoms with Crippen molar-refractivity contribution in [1.29, 1.82) is 0 Å². The number of carbonyl (C=O) groups excluding carboxylic acids is 1. The first-order valence-corrected chi connectivity index (χ1v) is 9.33. The molecule has 2 heterocycles. The molecule has 0 spiro atoms. The van der Waals surface area contributed by atoms with Crippen LogP contribution in [0.2, 0.25) is 0 Å². The van der Waals surface area contributed by atoms with Gasteiger partial charge in [-0.05, 0) is 30.7 Å². The first kappa shape index (κ1) is 25.6. The summed E-state index contributed by atoms with van der Waals surface area (Å²) in [7, 11) is 0. The van der Waals surface area contributed by atoms with E-state index in [0.29, 0.717) is 11.4 Å². The van der Waals surface area contributed by atoms with E-state index in [9.17, 15) is 19.2 Å². The predicted molar refractivity (Wildman–Crippen MR) is 120 cm³/mol. The Kier molecular flexibility index (Phi) is 8.78. The summed E-state index contributed by atoms with van der Waals surface area (Å²) in [6, 6.07) is 4.86. The molecule has 1 atom stereocenters. The number of nitrogen functional groups attached to an aromatic ring is 1. The van der Waals surface area contributed by atoms with Crippen molar-refractivity contribution in [2.75, 3.05) is 11.1 Å². The van der Waals surface area contributed by atoms with Crippen molar-refractivity contribution in [2.24, 2.45) is 0 Å². The Labute approximate surface area is 206 Å². The van der Waals surface area contributed by atoms with Crippen LogP contribution in [0.25, 0.3) is 11.2 Å². The Hall–Kier alpha value is -3.63. The Morgan fingerprint density at radius 3 is 2.45 bits per heavy atom. The monoisotopic (exact) mass is 651 g/mol. The maximum absolute atomic E-state index is 12.3. The number of carbonyl (C=O) groups is 3. The molecule has 0 unspecified atom stereocenters.